The van der Waals surface area contributed by atoms with Crippen molar-refractivity contribution in [3.05, 3.63) is 12.3 Å². The van der Waals surface area contributed by atoms with Gasteiger partial charge in [0, 0.05) is 12.8 Å². The number of aliphatic hydroxyl groups is 1. The van der Waals surface area contributed by atoms with Crippen LogP contribution in [0.2, 0.25) is 0 Å². The molecule has 0 aromatic carbocycles. The Kier molecular flexibility index (Phi) is 2.55. The van der Waals surface area contributed by atoms with Crippen molar-refractivity contribution in [2.45, 2.75) is 38.9 Å². The first-order chi connectivity index (χ1) is 5.09. The summed E-state index contributed by atoms with van der Waals surface area (Å²) in [7, 11) is 0. The van der Waals surface area contributed by atoms with Crippen LogP contribution in [0.1, 0.15) is 26.7 Å². The molecule has 2 atom stereocenters. The van der Waals surface area contributed by atoms with E-state index in [2.05, 4.69) is 20.4 Å². The van der Waals surface area contributed by atoms with Crippen molar-refractivity contribution < 1.29 is 9.84 Å². The van der Waals surface area contributed by atoms with E-state index in [1.807, 2.05) is 0 Å². The van der Waals surface area contributed by atoms with Crippen molar-refractivity contribution in [3.63, 3.8) is 0 Å². The monoisotopic (exact) mass is 156 g/mol. The van der Waals surface area contributed by atoms with Gasteiger partial charge in [-0.2, -0.15) is 0 Å². The highest BCUT2D eigenvalue weighted by Crippen LogP contribution is 2.25. The molecule has 0 aromatic heterocycles. The average molecular weight is 156 g/mol. The van der Waals surface area contributed by atoms with Crippen LogP contribution < -0.4 is 0 Å². The lowest BCUT2D eigenvalue weighted by Crippen LogP contribution is -2.30. The quantitative estimate of drug-likeness (QED) is 0.626. The van der Waals surface area contributed by atoms with Crippen molar-refractivity contribution in [1.82, 2.24) is 0 Å². The highest BCUT2D eigenvalue weighted by atomic mass is 16.5. The second-order valence-electron chi connectivity index (χ2n) is 3.53. The van der Waals surface area contributed by atoms with Gasteiger partial charge < -0.3 is 9.84 Å². The Balaban J connectivity index is 2.49. The molecule has 0 saturated carbocycles. The number of aliphatic hydroxyl groups excluding tert-OH is 1. The van der Waals surface area contributed by atoms with Crippen LogP contribution >= 0.6 is 0 Å². The molecule has 0 amide bonds. The first kappa shape index (κ1) is 8.60. The van der Waals surface area contributed by atoms with Gasteiger partial charge in [-0.05, 0) is 5.92 Å². The van der Waals surface area contributed by atoms with E-state index in [0.717, 1.165) is 12.2 Å². The Morgan fingerprint density at radius 3 is 2.73 bits per heavy atom. The molecule has 0 aromatic rings. The SMILES string of the molecule is C=C1CC(O)CC(C(C)C)O1. The summed E-state index contributed by atoms with van der Waals surface area (Å²) < 4.78 is 5.46. The highest BCUT2D eigenvalue weighted by molar-refractivity contribution is 4.93. The molecule has 2 unspecified atom stereocenters. The Morgan fingerprint density at radius 1 is 1.64 bits per heavy atom. The van der Waals surface area contributed by atoms with E-state index in [1.54, 1.807) is 0 Å². The summed E-state index contributed by atoms with van der Waals surface area (Å²) in [5.74, 6) is 1.18. The van der Waals surface area contributed by atoms with Crippen molar-refractivity contribution in [3.8, 4) is 0 Å². The van der Waals surface area contributed by atoms with Gasteiger partial charge in [0.2, 0.25) is 0 Å². The van der Waals surface area contributed by atoms with Gasteiger partial charge in [-0.3, -0.25) is 0 Å². The fourth-order valence-corrected chi connectivity index (χ4v) is 1.33. The molecular formula is C9H16O2. The third kappa shape index (κ3) is 2.22. The maximum Gasteiger partial charge on any atom is 0.103 e. The molecular weight excluding hydrogens is 140 g/mol. The number of hydrogen-bond donors (Lipinski definition) is 1. The zero-order valence-corrected chi connectivity index (χ0v) is 7.21. The fraction of sp³-hybridized carbons (Fsp3) is 0.778. The smallest absolute Gasteiger partial charge is 0.103 e. The van der Waals surface area contributed by atoms with Crippen LogP contribution in [0.25, 0.3) is 0 Å². The van der Waals surface area contributed by atoms with Crippen molar-refractivity contribution >= 4 is 0 Å². The van der Waals surface area contributed by atoms with Gasteiger partial charge in [-0.1, -0.05) is 20.4 Å². The first-order valence-electron chi connectivity index (χ1n) is 4.12. The maximum atomic E-state index is 9.36. The standard InChI is InChI=1S/C9H16O2/c1-6(2)9-5-8(10)4-7(3)11-9/h6,8-10H,3-5H2,1-2H3. The Labute approximate surface area is 67.9 Å². The van der Waals surface area contributed by atoms with Crippen molar-refractivity contribution in [1.29, 1.82) is 0 Å². The molecule has 1 N–H and O–H groups in total. The first-order valence-corrected chi connectivity index (χ1v) is 4.12. The van der Waals surface area contributed by atoms with E-state index < -0.39 is 0 Å². The fourth-order valence-electron chi connectivity index (χ4n) is 1.33. The van der Waals surface area contributed by atoms with Gasteiger partial charge in [0.1, 0.15) is 6.10 Å². The van der Waals surface area contributed by atoms with Gasteiger partial charge in [0.25, 0.3) is 0 Å². The Bertz CT molecular complexity index is 152. The second kappa shape index (κ2) is 3.26. The van der Waals surface area contributed by atoms with Gasteiger partial charge >= 0.3 is 0 Å². The van der Waals surface area contributed by atoms with Gasteiger partial charge in [0.05, 0.1) is 11.9 Å². The summed E-state index contributed by atoms with van der Waals surface area (Å²) in [5.41, 5.74) is 0. The van der Waals surface area contributed by atoms with E-state index in [-0.39, 0.29) is 12.2 Å². The zero-order chi connectivity index (χ0) is 8.43. The van der Waals surface area contributed by atoms with Crippen LogP contribution in [0.4, 0.5) is 0 Å². The molecule has 0 radical (unpaired) electrons. The zero-order valence-electron chi connectivity index (χ0n) is 7.21. The molecule has 1 aliphatic rings. The van der Waals surface area contributed by atoms with Crippen LogP contribution in [0.15, 0.2) is 12.3 Å². The average Bonchev–Trinajstić information content (AvgIpc) is 1.85. The molecule has 64 valence electrons. The summed E-state index contributed by atoms with van der Waals surface area (Å²) in [6.07, 6.45) is 1.26. The predicted octanol–water partition coefficient (Wildman–Crippen LogP) is 1.70. The normalized spacial score (nSPS) is 32.2. The van der Waals surface area contributed by atoms with Crippen LogP contribution in [0.5, 0.6) is 0 Å². The van der Waals surface area contributed by atoms with Gasteiger partial charge in [-0.15, -0.1) is 0 Å². The van der Waals surface area contributed by atoms with Crippen LogP contribution in [-0.2, 0) is 4.74 Å². The van der Waals surface area contributed by atoms with Crippen LogP contribution in [-0.4, -0.2) is 17.3 Å². The number of hydrogen-bond acceptors (Lipinski definition) is 2. The van der Waals surface area contributed by atoms with E-state index in [0.29, 0.717) is 12.3 Å². The molecule has 1 aliphatic heterocycles. The van der Waals surface area contributed by atoms with Crippen molar-refractivity contribution in [2.75, 3.05) is 0 Å². The minimum Gasteiger partial charge on any atom is -0.495 e. The minimum absolute atomic E-state index is 0.159. The predicted molar refractivity (Wildman–Crippen MR) is 44.1 cm³/mol. The summed E-state index contributed by atoms with van der Waals surface area (Å²) >= 11 is 0. The van der Waals surface area contributed by atoms with Crippen LogP contribution in [0, 0.1) is 5.92 Å². The Hall–Kier alpha value is -0.500. The molecule has 0 bridgehead atoms. The lowest BCUT2D eigenvalue weighted by atomic mass is 9.96. The molecule has 2 nitrogen and oxygen atoms in total. The lowest BCUT2D eigenvalue weighted by Gasteiger charge is -2.31. The molecule has 11 heavy (non-hydrogen) atoms. The molecule has 1 rings (SSSR count). The highest BCUT2D eigenvalue weighted by Gasteiger charge is 2.25. The molecule has 0 aliphatic carbocycles. The Morgan fingerprint density at radius 2 is 2.27 bits per heavy atom. The summed E-state index contributed by atoms with van der Waals surface area (Å²) in [6.45, 7) is 7.90. The minimum atomic E-state index is -0.247. The third-order valence-electron chi connectivity index (χ3n) is 2.03. The van der Waals surface area contributed by atoms with Gasteiger partial charge in [0.15, 0.2) is 0 Å². The second-order valence-corrected chi connectivity index (χ2v) is 3.53. The van der Waals surface area contributed by atoms with E-state index >= 15 is 0 Å². The van der Waals surface area contributed by atoms with Crippen LogP contribution in [0.3, 0.4) is 0 Å². The van der Waals surface area contributed by atoms with E-state index in [4.69, 9.17) is 4.74 Å². The van der Waals surface area contributed by atoms with E-state index in [1.165, 1.54) is 0 Å². The number of rotatable bonds is 1. The van der Waals surface area contributed by atoms with Gasteiger partial charge in [-0.25, -0.2) is 0 Å². The summed E-state index contributed by atoms with van der Waals surface area (Å²) in [5, 5.41) is 9.36. The summed E-state index contributed by atoms with van der Waals surface area (Å²) in [4.78, 5) is 0. The number of ether oxygens (including phenoxy) is 1. The molecule has 0 spiro atoms. The third-order valence-corrected chi connectivity index (χ3v) is 2.03. The molecule has 1 fully saturated rings. The lowest BCUT2D eigenvalue weighted by molar-refractivity contribution is -0.0198. The maximum absolute atomic E-state index is 9.36. The topological polar surface area (TPSA) is 29.5 Å². The molecule has 1 heterocycles. The molecule has 1 saturated heterocycles. The molecule has 2 heteroatoms. The van der Waals surface area contributed by atoms with E-state index in [9.17, 15) is 5.11 Å². The largest absolute Gasteiger partial charge is 0.495 e. The summed E-state index contributed by atoms with van der Waals surface area (Å²) in [6, 6.07) is 0. The van der Waals surface area contributed by atoms with Crippen molar-refractivity contribution in [2.24, 2.45) is 5.92 Å².